The molecule has 4 atom stereocenters. The Morgan fingerprint density at radius 2 is 1.59 bits per heavy atom. The van der Waals surface area contributed by atoms with E-state index in [1.165, 1.54) is 16.7 Å². The summed E-state index contributed by atoms with van der Waals surface area (Å²) in [6, 6.07) is 18.6. The Morgan fingerprint density at radius 3 is 2.29 bits per heavy atom. The van der Waals surface area contributed by atoms with Crippen molar-refractivity contribution in [1.29, 1.82) is 0 Å². The second kappa shape index (κ2) is 11.1. The highest BCUT2D eigenvalue weighted by Crippen LogP contribution is 2.50. The molecule has 5 rings (SSSR count). The summed E-state index contributed by atoms with van der Waals surface area (Å²) >= 11 is 1.31. The van der Waals surface area contributed by atoms with E-state index in [-0.39, 0.29) is 0 Å². The number of hydrogen-bond acceptors (Lipinski definition) is 6. The number of nitrogens with zero attached hydrogens (tertiary/aromatic N) is 1. The number of hydrogen-bond donors (Lipinski definition) is 4. The minimum atomic E-state index is -1.16. The molecule has 2 fully saturated rings. The lowest BCUT2D eigenvalue weighted by Crippen LogP contribution is -2.71. The van der Waals surface area contributed by atoms with Gasteiger partial charge in [0.1, 0.15) is 23.5 Å². The van der Waals surface area contributed by atoms with Crippen molar-refractivity contribution >= 4 is 57.8 Å². The van der Waals surface area contributed by atoms with Crippen LogP contribution in [0.1, 0.15) is 25.5 Å². The summed E-state index contributed by atoms with van der Waals surface area (Å²) in [5.74, 6) is -3.43. The number of β-lactam (4-membered cyclic amide) rings is 1. The molecule has 0 aliphatic carbocycles. The van der Waals surface area contributed by atoms with Gasteiger partial charge in [0.25, 0.3) is 0 Å². The molecule has 2 saturated heterocycles. The normalized spacial score (nSPS) is 21.6. The zero-order valence-electron chi connectivity index (χ0n) is 22.2. The quantitative estimate of drug-likeness (QED) is 0.240. The van der Waals surface area contributed by atoms with Gasteiger partial charge in [0, 0.05) is 22.6 Å². The van der Waals surface area contributed by atoms with Crippen LogP contribution < -0.4 is 16.0 Å². The largest absolute Gasteiger partial charge is 0.480 e. The van der Waals surface area contributed by atoms with Gasteiger partial charge < -0.3 is 26.0 Å². The number of amides is 4. The molecular weight excluding hydrogens is 544 g/mol. The third-order valence-corrected chi connectivity index (χ3v) is 8.63. The summed E-state index contributed by atoms with van der Waals surface area (Å²) in [4.78, 5) is 64.5. The molecule has 0 saturated carbocycles. The maximum atomic E-state index is 13.4. The lowest BCUT2D eigenvalue weighted by atomic mass is 9.95. The molecule has 0 bridgehead atoms. The van der Waals surface area contributed by atoms with Gasteiger partial charge in [-0.1, -0.05) is 60.7 Å². The van der Waals surface area contributed by atoms with E-state index in [0.29, 0.717) is 11.3 Å². The molecular formula is C30H28N4O6S. The number of carbonyl (C=O) groups excluding carboxylic acids is 4. The van der Waals surface area contributed by atoms with Gasteiger partial charge in [-0.25, -0.2) is 4.79 Å². The minimum Gasteiger partial charge on any atom is -0.480 e. The van der Waals surface area contributed by atoms with E-state index < -0.39 is 57.8 Å². The number of fused-ring (bicyclic) bond motifs is 2. The van der Waals surface area contributed by atoms with Crippen molar-refractivity contribution in [1.82, 2.24) is 15.5 Å². The average molecular weight is 573 g/mol. The fourth-order valence-corrected chi connectivity index (χ4v) is 6.75. The maximum absolute atomic E-state index is 13.4. The molecule has 2 aliphatic rings. The molecule has 2 aliphatic heterocycles. The molecule has 0 aromatic heterocycles. The van der Waals surface area contributed by atoms with E-state index >= 15 is 0 Å². The van der Waals surface area contributed by atoms with Gasteiger partial charge in [-0.05, 0) is 42.3 Å². The number of carboxylic acid groups (broad SMARTS) is 1. The highest BCUT2D eigenvalue weighted by Gasteiger charge is 2.64. The van der Waals surface area contributed by atoms with E-state index in [1.54, 1.807) is 50.2 Å². The Balaban J connectivity index is 1.25. The van der Waals surface area contributed by atoms with Crippen molar-refractivity contribution in [3.63, 3.8) is 0 Å². The molecule has 210 valence electrons. The van der Waals surface area contributed by atoms with Gasteiger partial charge in [0.15, 0.2) is 0 Å². The Bertz CT molecular complexity index is 1570. The van der Waals surface area contributed by atoms with Crippen molar-refractivity contribution < 1.29 is 29.1 Å². The maximum Gasteiger partial charge on any atom is 0.327 e. The number of benzene rings is 3. The number of carbonyl (C=O) groups is 5. The van der Waals surface area contributed by atoms with Gasteiger partial charge in [-0.15, -0.1) is 11.8 Å². The lowest BCUT2D eigenvalue weighted by molar-refractivity contribution is -0.161. The van der Waals surface area contributed by atoms with Crippen LogP contribution in [0, 0.1) is 0 Å². The van der Waals surface area contributed by atoms with Crippen LogP contribution in [-0.2, 0) is 24.0 Å². The van der Waals surface area contributed by atoms with Crippen LogP contribution in [0.2, 0.25) is 0 Å². The van der Waals surface area contributed by atoms with Crippen LogP contribution in [0.5, 0.6) is 0 Å². The number of aliphatic carboxylic acids is 1. The molecule has 2 heterocycles. The van der Waals surface area contributed by atoms with Crippen LogP contribution in [0.25, 0.3) is 10.8 Å². The van der Waals surface area contributed by atoms with E-state index in [1.807, 2.05) is 36.4 Å². The van der Waals surface area contributed by atoms with Crippen molar-refractivity contribution in [2.24, 2.45) is 0 Å². The molecule has 0 radical (unpaired) electrons. The number of thioether (sulfide) groups is 1. The second-order valence-electron chi connectivity index (χ2n) is 10.3. The van der Waals surface area contributed by atoms with E-state index in [2.05, 4.69) is 16.0 Å². The first kappa shape index (κ1) is 27.9. The number of carboxylic acids is 1. The molecule has 4 amide bonds. The fourth-order valence-electron chi connectivity index (χ4n) is 5.12. The Kier molecular flexibility index (Phi) is 7.55. The monoisotopic (exact) mass is 572 g/mol. The van der Waals surface area contributed by atoms with Gasteiger partial charge in [-0.2, -0.15) is 0 Å². The molecule has 10 nitrogen and oxygen atoms in total. The minimum absolute atomic E-state index is 0.471. The zero-order chi connectivity index (χ0) is 29.3. The standard InChI is InChI=1S/C30H28N4O6S/c1-30(2)25(29(39)40)34-27(38)24(28(34)41-30)33-26(37)23(18-9-4-3-5-10-18)32-22(36)15-14-21(35)31-20-13-12-17-8-6-7-11-19(17)16-20/h3-16,23-25,28H,1-2H3,(H,31,35)(H,32,36)(H,33,37)(H,39,40)/b15-14+/t23?,24-,25+,28-/m1/s1. The lowest BCUT2D eigenvalue weighted by Gasteiger charge is -2.44. The van der Waals surface area contributed by atoms with Crippen LogP contribution in [0.3, 0.4) is 0 Å². The van der Waals surface area contributed by atoms with Gasteiger partial charge in [0.05, 0.1) is 0 Å². The smallest absolute Gasteiger partial charge is 0.327 e. The Hall–Kier alpha value is -4.64. The number of nitrogens with one attached hydrogen (secondary N) is 3. The predicted molar refractivity (Wildman–Crippen MR) is 155 cm³/mol. The number of anilines is 1. The average Bonchev–Trinajstić information content (AvgIpc) is 3.21. The summed E-state index contributed by atoms with van der Waals surface area (Å²) in [6.45, 7) is 3.49. The topological polar surface area (TPSA) is 145 Å². The van der Waals surface area contributed by atoms with Crippen LogP contribution in [0.4, 0.5) is 5.69 Å². The summed E-state index contributed by atoms with van der Waals surface area (Å²) in [5.41, 5.74) is 1.04. The first-order chi connectivity index (χ1) is 19.5. The van der Waals surface area contributed by atoms with Gasteiger partial charge in [-0.3, -0.25) is 19.2 Å². The second-order valence-corrected chi connectivity index (χ2v) is 12.1. The third-order valence-electron chi connectivity index (χ3n) is 7.06. The van der Waals surface area contributed by atoms with E-state index in [9.17, 15) is 29.1 Å². The zero-order valence-corrected chi connectivity index (χ0v) is 23.1. The van der Waals surface area contributed by atoms with Crippen LogP contribution >= 0.6 is 11.8 Å². The first-order valence-electron chi connectivity index (χ1n) is 12.9. The van der Waals surface area contributed by atoms with Gasteiger partial charge in [0.2, 0.25) is 23.6 Å². The SMILES string of the molecule is CC1(C)S[C@@H]2[C@H](NC(=O)C(NC(=O)/C=C/C(=O)Nc3ccc4ccccc4c3)c3ccccc3)C(=O)N2[C@H]1C(=O)O. The highest BCUT2D eigenvalue weighted by molar-refractivity contribution is 8.01. The molecule has 3 aromatic rings. The number of rotatable bonds is 8. The summed E-state index contributed by atoms with van der Waals surface area (Å²) < 4.78 is -0.739. The molecule has 3 aromatic carbocycles. The summed E-state index contributed by atoms with van der Waals surface area (Å²) in [6.07, 6.45) is 2.10. The van der Waals surface area contributed by atoms with Crippen molar-refractivity contribution in [2.75, 3.05) is 5.32 Å². The molecule has 0 spiro atoms. The van der Waals surface area contributed by atoms with Crippen molar-refractivity contribution in [3.8, 4) is 0 Å². The Morgan fingerprint density at radius 1 is 0.927 bits per heavy atom. The predicted octanol–water partition coefficient (Wildman–Crippen LogP) is 2.82. The molecule has 11 heteroatoms. The Labute approximate surface area is 240 Å². The summed E-state index contributed by atoms with van der Waals surface area (Å²) in [5, 5.41) is 19.1. The van der Waals surface area contributed by atoms with Crippen LogP contribution in [-0.4, -0.2) is 61.8 Å². The molecule has 1 unspecified atom stereocenters. The van der Waals surface area contributed by atoms with Crippen molar-refractivity contribution in [3.05, 3.63) is 90.5 Å². The molecule has 41 heavy (non-hydrogen) atoms. The first-order valence-corrected chi connectivity index (χ1v) is 13.8. The summed E-state index contributed by atoms with van der Waals surface area (Å²) in [7, 11) is 0. The van der Waals surface area contributed by atoms with Crippen molar-refractivity contribution in [2.45, 2.75) is 42.1 Å². The fraction of sp³-hybridized carbons (Fsp3) is 0.233. The highest BCUT2D eigenvalue weighted by atomic mass is 32.2. The third kappa shape index (κ3) is 5.66. The van der Waals surface area contributed by atoms with E-state index in [4.69, 9.17) is 0 Å². The van der Waals surface area contributed by atoms with Gasteiger partial charge >= 0.3 is 5.97 Å². The van der Waals surface area contributed by atoms with E-state index in [0.717, 1.165) is 22.9 Å². The molecule has 4 N–H and O–H groups in total. The van der Waals surface area contributed by atoms with Crippen LogP contribution in [0.15, 0.2) is 84.9 Å².